The molecule has 10 heteroatoms. The number of hydrogen-bond donors (Lipinski definition) is 0. The van der Waals surface area contributed by atoms with Crippen molar-refractivity contribution in [3.05, 3.63) is 41.0 Å². The van der Waals surface area contributed by atoms with Gasteiger partial charge in [0.05, 0.1) is 42.7 Å². The summed E-state index contributed by atoms with van der Waals surface area (Å²) in [6.45, 7) is 2.29. The van der Waals surface area contributed by atoms with Gasteiger partial charge in [0, 0.05) is 19.4 Å². The van der Waals surface area contributed by atoms with Gasteiger partial charge in [-0.15, -0.1) is 0 Å². The van der Waals surface area contributed by atoms with Crippen LogP contribution in [0.5, 0.6) is 34.5 Å². The Morgan fingerprint density at radius 1 is 0.556 bits per heavy atom. The standard InChI is InChI=1S/C26H32O10/c1-15(27)35-13-19(14-36-16(2)28)24(17-9-20(29-3)25(33-7)21(10-17)30-4)18-11-22(31-5)26(34-8)23(12-18)32-6/h9-12H,13-14H2,1-8H3. The van der Waals surface area contributed by atoms with E-state index in [0.717, 1.165) is 0 Å². The minimum Gasteiger partial charge on any atom is -0.493 e. The van der Waals surface area contributed by atoms with E-state index in [9.17, 15) is 9.59 Å². The third-order valence-corrected chi connectivity index (χ3v) is 5.16. The van der Waals surface area contributed by atoms with Crippen LogP contribution in [0.3, 0.4) is 0 Å². The highest BCUT2D eigenvalue weighted by Gasteiger charge is 2.23. The normalized spacial score (nSPS) is 10.1. The van der Waals surface area contributed by atoms with E-state index >= 15 is 0 Å². The van der Waals surface area contributed by atoms with E-state index in [1.54, 1.807) is 24.3 Å². The predicted molar refractivity (Wildman–Crippen MR) is 131 cm³/mol. The molecule has 36 heavy (non-hydrogen) atoms. The summed E-state index contributed by atoms with van der Waals surface area (Å²) in [6, 6.07) is 6.95. The number of carbonyl (C=O) groups excluding carboxylic acids is 2. The molecule has 0 bridgehead atoms. The second-order valence-corrected chi connectivity index (χ2v) is 7.37. The molecule has 0 aliphatic rings. The fraction of sp³-hybridized carbons (Fsp3) is 0.385. The van der Waals surface area contributed by atoms with E-state index < -0.39 is 11.9 Å². The quantitative estimate of drug-likeness (QED) is 0.397. The van der Waals surface area contributed by atoms with Gasteiger partial charge in [0.15, 0.2) is 23.0 Å². The lowest BCUT2D eigenvalue weighted by Gasteiger charge is -2.21. The number of esters is 2. The topological polar surface area (TPSA) is 108 Å². The maximum Gasteiger partial charge on any atom is 0.302 e. The minimum atomic E-state index is -0.496. The Balaban J connectivity index is 2.98. The smallest absolute Gasteiger partial charge is 0.302 e. The Hall–Kier alpha value is -4.08. The molecule has 0 N–H and O–H groups in total. The van der Waals surface area contributed by atoms with Gasteiger partial charge in [-0.1, -0.05) is 0 Å². The summed E-state index contributed by atoms with van der Waals surface area (Å²) in [7, 11) is 9.02. The molecule has 2 aromatic carbocycles. The molecule has 0 amide bonds. The maximum atomic E-state index is 11.7. The number of benzene rings is 2. The Morgan fingerprint density at radius 3 is 1.08 bits per heavy atom. The first kappa shape index (κ1) is 28.2. The van der Waals surface area contributed by atoms with Gasteiger partial charge < -0.3 is 37.9 Å². The van der Waals surface area contributed by atoms with Gasteiger partial charge in [0.1, 0.15) is 13.2 Å². The lowest BCUT2D eigenvalue weighted by Crippen LogP contribution is -2.13. The summed E-state index contributed by atoms with van der Waals surface area (Å²) in [4.78, 5) is 23.4. The molecule has 0 radical (unpaired) electrons. The van der Waals surface area contributed by atoms with Crippen molar-refractivity contribution in [3.8, 4) is 34.5 Å². The highest BCUT2D eigenvalue weighted by Crippen LogP contribution is 2.45. The van der Waals surface area contributed by atoms with Crippen molar-refractivity contribution in [1.29, 1.82) is 0 Å². The Kier molecular flexibility index (Phi) is 10.3. The van der Waals surface area contributed by atoms with Crippen molar-refractivity contribution in [2.24, 2.45) is 0 Å². The summed E-state index contributed by atoms with van der Waals surface area (Å²) < 4.78 is 43.7. The summed E-state index contributed by atoms with van der Waals surface area (Å²) >= 11 is 0. The molecule has 2 aromatic rings. The number of hydrogen-bond acceptors (Lipinski definition) is 10. The predicted octanol–water partition coefficient (Wildman–Crippen LogP) is 3.67. The van der Waals surface area contributed by atoms with Crippen molar-refractivity contribution < 1.29 is 47.5 Å². The zero-order chi connectivity index (χ0) is 26.8. The molecule has 0 fully saturated rings. The van der Waals surface area contributed by atoms with Gasteiger partial charge >= 0.3 is 11.9 Å². The fourth-order valence-corrected chi connectivity index (χ4v) is 3.59. The molecular weight excluding hydrogens is 472 g/mol. The van der Waals surface area contributed by atoms with Gasteiger partial charge in [-0.2, -0.15) is 0 Å². The molecular formula is C26H32O10. The minimum absolute atomic E-state index is 0.148. The molecule has 196 valence electrons. The van der Waals surface area contributed by atoms with E-state index in [1.807, 2.05) is 0 Å². The van der Waals surface area contributed by atoms with Crippen molar-refractivity contribution in [3.63, 3.8) is 0 Å². The lowest BCUT2D eigenvalue weighted by molar-refractivity contribution is -0.141. The SMILES string of the molecule is COc1cc(C(=C(COC(C)=O)COC(C)=O)c2cc(OC)c(OC)c(OC)c2)cc(OC)c1OC. The molecule has 0 saturated carbocycles. The molecule has 0 atom stereocenters. The third kappa shape index (κ3) is 6.53. The summed E-state index contributed by atoms with van der Waals surface area (Å²) in [5.41, 5.74) is 2.26. The van der Waals surface area contributed by atoms with Crippen LogP contribution in [-0.4, -0.2) is 67.8 Å². The van der Waals surface area contributed by atoms with Crippen LogP contribution in [0.1, 0.15) is 25.0 Å². The van der Waals surface area contributed by atoms with E-state index in [1.165, 1.54) is 56.5 Å². The van der Waals surface area contributed by atoms with Crippen LogP contribution in [-0.2, 0) is 19.1 Å². The number of methoxy groups -OCH3 is 6. The molecule has 0 saturated heterocycles. The first-order chi connectivity index (χ1) is 17.2. The first-order valence-corrected chi connectivity index (χ1v) is 10.8. The molecule has 2 rings (SSSR count). The first-order valence-electron chi connectivity index (χ1n) is 10.8. The van der Waals surface area contributed by atoms with Crippen molar-refractivity contribution in [2.75, 3.05) is 55.9 Å². The van der Waals surface area contributed by atoms with Crippen LogP contribution in [0.25, 0.3) is 5.57 Å². The van der Waals surface area contributed by atoms with Crippen LogP contribution in [0.4, 0.5) is 0 Å². The number of rotatable bonds is 12. The molecule has 0 unspecified atom stereocenters. The largest absolute Gasteiger partial charge is 0.493 e. The summed E-state index contributed by atoms with van der Waals surface area (Å²) in [5, 5.41) is 0. The average Bonchev–Trinajstić information content (AvgIpc) is 2.88. The maximum absolute atomic E-state index is 11.7. The summed E-state index contributed by atoms with van der Waals surface area (Å²) in [6.07, 6.45) is 0. The third-order valence-electron chi connectivity index (χ3n) is 5.16. The molecule has 0 aliphatic carbocycles. The van der Waals surface area contributed by atoms with E-state index in [4.69, 9.17) is 37.9 Å². The number of carbonyl (C=O) groups is 2. The monoisotopic (exact) mass is 504 g/mol. The highest BCUT2D eigenvalue weighted by atomic mass is 16.6. The Bertz CT molecular complexity index is 984. The highest BCUT2D eigenvalue weighted by molar-refractivity contribution is 5.86. The Morgan fingerprint density at radius 2 is 0.861 bits per heavy atom. The van der Waals surface area contributed by atoms with Crippen molar-refractivity contribution in [1.82, 2.24) is 0 Å². The second kappa shape index (κ2) is 13.1. The van der Waals surface area contributed by atoms with Crippen molar-refractivity contribution in [2.45, 2.75) is 13.8 Å². The van der Waals surface area contributed by atoms with E-state index in [-0.39, 0.29) is 13.2 Å². The summed E-state index contributed by atoms with van der Waals surface area (Å²) in [5.74, 6) is 1.40. The van der Waals surface area contributed by atoms with Crippen molar-refractivity contribution >= 4 is 17.5 Å². The fourth-order valence-electron chi connectivity index (χ4n) is 3.59. The molecule has 0 aliphatic heterocycles. The molecule has 0 aromatic heterocycles. The Labute approximate surface area is 210 Å². The zero-order valence-corrected chi connectivity index (χ0v) is 21.8. The zero-order valence-electron chi connectivity index (χ0n) is 21.8. The van der Waals surface area contributed by atoms with Gasteiger partial charge in [0.2, 0.25) is 11.5 Å². The van der Waals surface area contributed by atoms with Gasteiger partial charge in [-0.3, -0.25) is 9.59 Å². The van der Waals surface area contributed by atoms with E-state index in [0.29, 0.717) is 56.8 Å². The van der Waals surface area contributed by atoms with Crippen LogP contribution in [0.15, 0.2) is 29.8 Å². The second-order valence-electron chi connectivity index (χ2n) is 7.37. The van der Waals surface area contributed by atoms with Crippen LogP contribution < -0.4 is 28.4 Å². The van der Waals surface area contributed by atoms with E-state index in [2.05, 4.69) is 0 Å². The molecule has 0 heterocycles. The lowest BCUT2D eigenvalue weighted by atomic mass is 9.92. The molecule has 0 spiro atoms. The number of ether oxygens (including phenoxy) is 8. The van der Waals surface area contributed by atoms with Gasteiger partial charge in [-0.25, -0.2) is 0 Å². The van der Waals surface area contributed by atoms with Gasteiger partial charge in [0.25, 0.3) is 0 Å². The average molecular weight is 505 g/mol. The van der Waals surface area contributed by atoms with Crippen LogP contribution >= 0.6 is 0 Å². The van der Waals surface area contributed by atoms with Gasteiger partial charge in [-0.05, 0) is 41.0 Å². The van der Waals surface area contributed by atoms with Crippen LogP contribution in [0, 0.1) is 0 Å². The molecule has 10 nitrogen and oxygen atoms in total. The van der Waals surface area contributed by atoms with Crippen LogP contribution in [0.2, 0.25) is 0 Å².